The Balaban J connectivity index is 1.39. The first-order chi connectivity index (χ1) is 23.7. The highest BCUT2D eigenvalue weighted by atomic mass is 14.5. The predicted octanol–water partition coefficient (Wildman–Crippen LogP) is 9.49. The molecule has 0 spiro atoms. The topological polar surface area (TPSA) is 0 Å². The van der Waals surface area contributed by atoms with Crippen LogP contribution in [0, 0.1) is 13.8 Å². The van der Waals surface area contributed by atoms with Crippen molar-refractivity contribution in [3.8, 4) is 11.1 Å². The highest BCUT2D eigenvalue weighted by molar-refractivity contribution is 6.98. The van der Waals surface area contributed by atoms with E-state index in [-0.39, 0.29) is 6.71 Å². The van der Waals surface area contributed by atoms with Gasteiger partial charge in [-0.25, -0.2) is 0 Å². The summed E-state index contributed by atoms with van der Waals surface area (Å²) in [5.41, 5.74) is 14.2. The van der Waals surface area contributed by atoms with Gasteiger partial charge in [0.05, 0.1) is 5.41 Å². The second-order valence-corrected chi connectivity index (χ2v) is 13.3. The maximum absolute atomic E-state index is 2.52. The first-order valence-corrected chi connectivity index (χ1v) is 17.0. The Labute approximate surface area is 283 Å². The summed E-state index contributed by atoms with van der Waals surface area (Å²) in [6, 6.07) is 65.6. The van der Waals surface area contributed by atoms with Crippen molar-refractivity contribution in [3.63, 3.8) is 0 Å². The van der Waals surface area contributed by atoms with Crippen molar-refractivity contribution in [1.29, 1.82) is 0 Å². The maximum atomic E-state index is 2.52. The maximum Gasteiger partial charge on any atom is 0.243 e. The third-order valence-corrected chi connectivity index (χ3v) is 10.8. The van der Waals surface area contributed by atoms with Crippen LogP contribution < -0.4 is 16.4 Å². The van der Waals surface area contributed by atoms with Crippen LogP contribution in [0.1, 0.15) is 33.4 Å². The third-order valence-electron chi connectivity index (χ3n) is 10.8. The molecule has 0 fully saturated rings. The van der Waals surface area contributed by atoms with Gasteiger partial charge in [0.2, 0.25) is 6.71 Å². The molecule has 0 aromatic heterocycles. The lowest BCUT2D eigenvalue weighted by molar-refractivity contribution is 0.768. The van der Waals surface area contributed by atoms with E-state index >= 15 is 0 Å². The first kappa shape index (κ1) is 28.6. The fraction of sp³-hybridized carbons (Fsp3) is 0.0638. The van der Waals surface area contributed by atoms with Crippen LogP contribution in [-0.4, -0.2) is 6.71 Å². The number of rotatable bonds is 5. The minimum Gasteiger partial charge on any atom is -0.0679 e. The van der Waals surface area contributed by atoms with Crippen LogP contribution in [-0.2, 0) is 5.41 Å². The molecule has 0 unspecified atom stereocenters. The van der Waals surface area contributed by atoms with Crippen LogP contribution >= 0.6 is 0 Å². The van der Waals surface area contributed by atoms with Crippen LogP contribution in [0.25, 0.3) is 32.7 Å². The van der Waals surface area contributed by atoms with Gasteiger partial charge >= 0.3 is 0 Å². The summed E-state index contributed by atoms with van der Waals surface area (Å²) in [6.45, 7) is 4.62. The average Bonchev–Trinajstić information content (AvgIpc) is 3.44. The molecule has 0 N–H and O–H groups in total. The zero-order valence-corrected chi connectivity index (χ0v) is 27.3. The van der Waals surface area contributed by atoms with Crippen LogP contribution in [0.3, 0.4) is 0 Å². The SMILES string of the molecule is Cc1ccc2ccccc2c1B(c1ccc2c(c1)-c1ccccc1C2(c1ccccc1)c1ccccc1)c1c(C)ccc2ccccc12. The van der Waals surface area contributed by atoms with Crippen LogP contribution in [0.4, 0.5) is 0 Å². The molecule has 1 heteroatoms. The van der Waals surface area contributed by atoms with Gasteiger partial charge in [0.15, 0.2) is 0 Å². The molecule has 0 saturated heterocycles. The first-order valence-electron chi connectivity index (χ1n) is 17.0. The van der Waals surface area contributed by atoms with E-state index < -0.39 is 5.41 Å². The van der Waals surface area contributed by atoms with E-state index in [9.17, 15) is 0 Å². The molecule has 0 amide bonds. The lowest BCUT2D eigenvalue weighted by Gasteiger charge is -2.34. The summed E-state index contributed by atoms with van der Waals surface area (Å²) in [6.07, 6.45) is 0. The lowest BCUT2D eigenvalue weighted by atomic mass is 9.34. The summed E-state index contributed by atoms with van der Waals surface area (Å²) < 4.78 is 0. The van der Waals surface area contributed by atoms with Gasteiger partial charge in [0.1, 0.15) is 0 Å². The normalized spacial score (nSPS) is 13.0. The molecule has 0 heterocycles. The van der Waals surface area contributed by atoms with Crippen molar-refractivity contribution >= 4 is 44.6 Å². The lowest BCUT2D eigenvalue weighted by Crippen LogP contribution is -2.54. The molecule has 8 aromatic rings. The van der Waals surface area contributed by atoms with Crippen molar-refractivity contribution in [2.24, 2.45) is 0 Å². The Morgan fingerprint density at radius 3 is 1.46 bits per heavy atom. The quantitative estimate of drug-likeness (QED) is 0.170. The molecule has 9 rings (SSSR count). The zero-order valence-electron chi connectivity index (χ0n) is 27.3. The van der Waals surface area contributed by atoms with Gasteiger partial charge < -0.3 is 0 Å². The van der Waals surface area contributed by atoms with Gasteiger partial charge in [0.25, 0.3) is 0 Å². The van der Waals surface area contributed by atoms with Crippen molar-refractivity contribution in [2.45, 2.75) is 19.3 Å². The van der Waals surface area contributed by atoms with Gasteiger partial charge in [-0.3, -0.25) is 0 Å². The van der Waals surface area contributed by atoms with Crippen LogP contribution in [0.2, 0.25) is 0 Å². The Morgan fingerprint density at radius 2 is 0.875 bits per heavy atom. The molecule has 0 nitrogen and oxygen atoms in total. The molecule has 8 aromatic carbocycles. The van der Waals surface area contributed by atoms with Gasteiger partial charge in [0, 0.05) is 0 Å². The van der Waals surface area contributed by atoms with E-state index in [2.05, 4.69) is 190 Å². The van der Waals surface area contributed by atoms with E-state index in [0.717, 1.165) is 0 Å². The highest BCUT2D eigenvalue weighted by Crippen LogP contribution is 2.55. The number of hydrogen-bond donors (Lipinski definition) is 0. The van der Waals surface area contributed by atoms with E-state index in [1.807, 2.05) is 0 Å². The fourth-order valence-corrected chi connectivity index (χ4v) is 8.70. The molecule has 48 heavy (non-hydrogen) atoms. The Bertz CT molecular complexity index is 2350. The highest BCUT2D eigenvalue weighted by Gasteiger charge is 2.46. The summed E-state index contributed by atoms with van der Waals surface area (Å²) in [7, 11) is 0. The number of fused-ring (bicyclic) bond motifs is 5. The van der Waals surface area contributed by atoms with Crippen molar-refractivity contribution in [3.05, 3.63) is 209 Å². The largest absolute Gasteiger partial charge is 0.243 e. The minimum atomic E-state index is -0.410. The van der Waals surface area contributed by atoms with E-state index in [1.54, 1.807) is 0 Å². The van der Waals surface area contributed by atoms with Crippen LogP contribution in [0.5, 0.6) is 0 Å². The minimum absolute atomic E-state index is 0.0445. The molecule has 0 radical (unpaired) electrons. The molecule has 0 aliphatic heterocycles. The second kappa shape index (κ2) is 11.2. The molecular formula is C47H35B. The molecule has 1 aliphatic rings. The summed E-state index contributed by atoms with van der Waals surface area (Å²) >= 11 is 0. The van der Waals surface area contributed by atoms with E-state index in [1.165, 1.54) is 82.4 Å². The molecule has 0 saturated carbocycles. The number of aryl methyl sites for hydroxylation is 2. The number of benzene rings is 8. The van der Waals surface area contributed by atoms with E-state index in [0.29, 0.717) is 0 Å². The van der Waals surface area contributed by atoms with Gasteiger partial charge in [-0.2, -0.15) is 0 Å². The Kier molecular flexibility index (Phi) is 6.69. The molecule has 1 aliphatic carbocycles. The zero-order chi connectivity index (χ0) is 32.2. The second-order valence-electron chi connectivity index (χ2n) is 13.3. The molecule has 0 bridgehead atoms. The Morgan fingerprint density at radius 1 is 0.396 bits per heavy atom. The monoisotopic (exact) mass is 610 g/mol. The number of hydrogen-bond acceptors (Lipinski definition) is 0. The van der Waals surface area contributed by atoms with Gasteiger partial charge in [-0.1, -0.05) is 203 Å². The molecule has 226 valence electrons. The van der Waals surface area contributed by atoms with Gasteiger partial charge in [-0.05, 0) is 68.8 Å². The standard InChI is InChI=1S/C47H35B/c1-32-25-27-34-15-9-11-21-39(34)45(32)48(46-33(2)26-28-35-16-10-12-22-40(35)46)38-29-30-44-42(31-38)41-23-13-14-24-43(41)47(44,36-17-5-3-6-18-36)37-19-7-4-8-20-37/h3-31H,1-2H3. The summed E-state index contributed by atoms with van der Waals surface area (Å²) in [5.74, 6) is 0. The van der Waals surface area contributed by atoms with Gasteiger partial charge in [-0.15, -0.1) is 0 Å². The average molecular weight is 611 g/mol. The van der Waals surface area contributed by atoms with Crippen molar-refractivity contribution in [1.82, 2.24) is 0 Å². The predicted molar refractivity (Wildman–Crippen MR) is 206 cm³/mol. The van der Waals surface area contributed by atoms with E-state index in [4.69, 9.17) is 0 Å². The third kappa shape index (κ3) is 4.17. The summed E-state index contributed by atoms with van der Waals surface area (Å²) in [4.78, 5) is 0. The molecule has 0 atom stereocenters. The van der Waals surface area contributed by atoms with Crippen LogP contribution in [0.15, 0.2) is 176 Å². The molecular weight excluding hydrogens is 575 g/mol. The summed E-state index contributed by atoms with van der Waals surface area (Å²) in [5, 5.41) is 5.19. The van der Waals surface area contributed by atoms with Crippen molar-refractivity contribution in [2.75, 3.05) is 0 Å². The van der Waals surface area contributed by atoms with Crippen molar-refractivity contribution < 1.29 is 0 Å². The fourth-order valence-electron chi connectivity index (χ4n) is 8.70. The Hall–Kier alpha value is -5.66. The smallest absolute Gasteiger partial charge is 0.0679 e.